The maximum atomic E-state index is 12.5. The van der Waals surface area contributed by atoms with Crippen LogP contribution in [0.5, 0.6) is 0 Å². The van der Waals surface area contributed by atoms with E-state index >= 15 is 0 Å². The van der Waals surface area contributed by atoms with E-state index < -0.39 is 11.7 Å². The van der Waals surface area contributed by atoms with E-state index in [1.54, 1.807) is 12.1 Å². The Morgan fingerprint density at radius 3 is 2.48 bits per heavy atom. The topological polar surface area (TPSA) is 15.3 Å². The summed E-state index contributed by atoms with van der Waals surface area (Å²) < 4.78 is 37.6. The molecule has 0 radical (unpaired) electrons. The highest BCUT2D eigenvalue weighted by molar-refractivity contribution is 5.24. The molecule has 118 valence electrons. The first-order valence-electron chi connectivity index (χ1n) is 7.50. The number of alkyl halides is 3. The molecule has 2 nitrogen and oxygen atoms in total. The lowest BCUT2D eigenvalue weighted by atomic mass is 10.1. The fourth-order valence-electron chi connectivity index (χ4n) is 2.74. The van der Waals surface area contributed by atoms with Gasteiger partial charge in [0.25, 0.3) is 0 Å². The molecule has 0 saturated carbocycles. The van der Waals surface area contributed by atoms with Crippen LogP contribution < -0.4 is 5.32 Å². The van der Waals surface area contributed by atoms with Crippen molar-refractivity contribution in [2.45, 2.75) is 51.5 Å². The minimum absolute atomic E-state index is 0.457. The molecule has 1 aliphatic heterocycles. The molecular weight excluding hydrogens is 277 g/mol. The van der Waals surface area contributed by atoms with Gasteiger partial charge in [0, 0.05) is 25.2 Å². The highest BCUT2D eigenvalue weighted by atomic mass is 19.4. The third-order valence-electron chi connectivity index (χ3n) is 3.93. The van der Waals surface area contributed by atoms with Crippen molar-refractivity contribution in [2.75, 3.05) is 13.1 Å². The molecule has 0 amide bonds. The van der Waals surface area contributed by atoms with E-state index in [2.05, 4.69) is 24.1 Å². The van der Waals surface area contributed by atoms with E-state index in [-0.39, 0.29) is 0 Å². The van der Waals surface area contributed by atoms with Crippen molar-refractivity contribution in [1.82, 2.24) is 10.2 Å². The number of halogens is 3. The van der Waals surface area contributed by atoms with Gasteiger partial charge in [0.05, 0.1) is 5.56 Å². The lowest BCUT2D eigenvalue weighted by Gasteiger charge is -2.25. The van der Waals surface area contributed by atoms with E-state index in [0.29, 0.717) is 12.1 Å². The Hall–Kier alpha value is -1.07. The minimum Gasteiger partial charge on any atom is -0.313 e. The van der Waals surface area contributed by atoms with Crippen LogP contribution in [0.15, 0.2) is 24.3 Å². The van der Waals surface area contributed by atoms with Crippen molar-refractivity contribution in [3.8, 4) is 0 Å². The second-order valence-corrected chi connectivity index (χ2v) is 6.02. The Bertz CT molecular complexity index is 440. The molecular formula is C16H23F3N2. The number of hydrogen-bond donors (Lipinski definition) is 1. The smallest absolute Gasteiger partial charge is 0.313 e. The van der Waals surface area contributed by atoms with Crippen LogP contribution in [-0.4, -0.2) is 30.1 Å². The Kier molecular flexibility index (Phi) is 5.27. The summed E-state index contributed by atoms with van der Waals surface area (Å²) >= 11 is 0. The molecule has 0 spiro atoms. The first-order valence-corrected chi connectivity index (χ1v) is 7.50. The van der Waals surface area contributed by atoms with Gasteiger partial charge in [0.15, 0.2) is 0 Å². The summed E-state index contributed by atoms with van der Waals surface area (Å²) in [4.78, 5) is 2.36. The van der Waals surface area contributed by atoms with Gasteiger partial charge in [0.2, 0.25) is 0 Å². The van der Waals surface area contributed by atoms with Crippen LogP contribution in [0.2, 0.25) is 0 Å². The van der Waals surface area contributed by atoms with Gasteiger partial charge in [-0.15, -0.1) is 0 Å². The van der Waals surface area contributed by atoms with Gasteiger partial charge in [-0.05, 0) is 37.1 Å². The molecule has 1 heterocycles. The molecule has 0 aromatic heterocycles. The molecule has 1 saturated heterocycles. The Morgan fingerprint density at radius 1 is 1.24 bits per heavy atom. The first kappa shape index (κ1) is 16.3. The Morgan fingerprint density at radius 2 is 1.90 bits per heavy atom. The summed E-state index contributed by atoms with van der Waals surface area (Å²) in [6, 6.07) is 6.47. The zero-order chi connectivity index (χ0) is 15.5. The molecule has 21 heavy (non-hydrogen) atoms. The fourth-order valence-corrected chi connectivity index (χ4v) is 2.74. The van der Waals surface area contributed by atoms with Crippen LogP contribution in [0.1, 0.15) is 37.8 Å². The Labute approximate surface area is 124 Å². The van der Waals surface area contributed by atoms with E-state index in [0.717, 1.165) is 38.0 Å². The van der Waals surface area contributed by atoms with Gasteiger partial charge in [-0.2, -0.15) is 13.2 Å². The molecule has 1 aliphatic rings. The predicted molar refractivity (Wildman–Crippen MR) is 78.0 cm³/mol. The summed E-state index contributed by atoms with van der Waals surface area (Å²) in [6.45, 7) is 6.93. The van der Waals surface area contributed by atoms with Crippen molar-refractivity contribution in [3.05, 3.63) is 35.4 Å². The molecule has 0 aliphatic carbocycles. The first-order chi connectivity index (χ1) is 9.86. The molecule has 1 atom stereocenters. The van der Waals surface area contributed by atoms with E-state index in [1.807, 2.05) is 0 Å². The number of nitrogens with zero attached hydrogens (tertiary/aromatic N) is 1. The standard InChI is InChI=1S/C16H23F3N2/c1-12(2)20-10-15-4-3-9-21(15)11-13-5-7-14(8-6-13)16(17,18)19/h5-8,12,15,20H,3-4,9-11H2,1-2H3. The lowest BCUT2D eigenvalue weighted by molar-refractivity contribution is -0.137. The second kappa shape index (κ2) is 6.79. The van der Waals surface area contributed by atoms with Gasteiger partial charge in [-0.3, -0.25) is 4.90 Å². The normalized spacial score (nSPS) is 20.4. The molecule has 1 aromatic carbocycles. The Balaban J connectivity index is 1.94. The number of likely N-dealkylation sites (tertiary alicyclic amines) is 1. The third kappa shape index (κ3) is 4.71. The van der Waals surface area contributed by atoms with E-state index in [1.165, 1.54) is 12.1 Å². The van der Waals surface area contributed by atoms with Crippen LogP contribution >= 0.6 is 0 Å². The van der Waals surface area contributed by atoms with Gasteiger partial charge >= 0.3 is 6.18 Å². The van der Waals surface area contributed by atoms with Crippen LogP contribution in [0.25, 0.3) is 0 Å². The SMILES string of the molecule is CC(C)NCC1CCCN1Cc1ccc(C(F)(F)F)cc1. The van der Waals surface area contributed by atoms with Crippen molar-refractivity contribution in [1.29, 1.82) is 0 Å². The highest BCUT2D eigenvalue weighted by Gasteiger charge is 2.30. The van der Waals surface area contributed by atoms with Crippen LogP contribution in [-0.2, 0) is 12.7 Å². The zero-order valence-corrected chi connectivity index (χ0v) is 12.6. The molecule has 2 rings (SSSR count). The van der Waals surface area contributed by atoms with Gasteiger partial charge < -0.3 is 5.32 Å². The maximum absolute atomic E-state index is 12.5. The number of hydrogen-bond acceptors (Lipinski definition) is 2. The van der Waals surface area contributed by atoms with E-state index in [4.69, 9.17) is 0 Å². The van der Waals surface area contributed by atoms with Gasteiger partial charge in [-0.1, -0.05) is 26.0 Å². The van der Waals surface area contributed by atoms with Crippen LogP contribution in [0.4, 0.5) is 13.2 Å². The number of nitrogens with one attached hydrogen (secondary N) is 1. The van der Waals surface area contributed by atoms with Crippen molar-refractivity contribution in [2.24, 2.45) is 0 Å². The quantitative estimate of drug-likeness (QED) is 0.892. The van der Waals surface area contributed by atoms with Crippen molar-refractivity contribution >= 4 is 0 Å². The van der Waals surface area contributed by atoms with Crippen LogP contribution in [0, 0.1) is 0 Å². The summed E-state index contributed by atoms with van der Waals surface area (Å²) in [6.07, 6.45) is -1.94. The van der Waals surface area contributed by atoms with E-state index in [9.17, 15) is 13.2 Å². The summed E-state index contributed by atoms with van der Waals surface area (Å²) in [5.74, 6) is 0. The van der Waals surface area contributed by atoms with Crippen molar-refractivity contribution in [3.63, 3.8) is 0 Å². The second-order valence-electron chi connectivity index (χ2n) is 6.02. The zero-order valence-electron chi connectivity index (χ0n) is 12.6. The summed E-state index contributed by atoms with van der Waals surface area (Å²) in [7, 11) is 0. The molecule has 1 aromatic rings. The van der Waals surface area contributed by atoms with Gasteiger partial charge in [-0.25, -0.2) is 0 Å². The molecule has 0 bridgehead atoms. The van der Waals surface area contributed by atoms with Gasteiger partial charge in [0.1, 0.15) is 0 Å². The largest absolute Gasteiger partial charge is 0.416 e. The molecule has 1 N–H and O–H groups in total. The monoisotopic (exact) mass is 300 g/mol. The summed E-state index contributed by atoms with van der Waals surface area (Å²) in [5.41, 5.74) is 0.366. The fraction of sp³-hybridized carbons (Fsp3) is 0.625. The number of rotatable bonds is 5. The van der Waals surface area contributed by atoms with Crippen LogP contribution in [0.3, 0.4) is 0 Å². The molecule has 1 fully saturated rings. The maximum Gasteiger partial charge on any atom is 0.416 e. The molecule has 1 unspecified atom stereocenters. The highest BCUT2D eigenvalue weighted by Crippen LogP contribution is 2.29. The number of benzene rings is 1. The lowest BCUT2D eigenvalue weighted by Crippen LogP contribution is -2.39. The average molecular weight is 300 g/mol. The molecule has 5 heteroatoms. The average Bonchev–Trinajstić information content (AvgIpc) is 2.83. The minimum atomic E-state index is -4.25. The summed E-state index contributed by atoms with van der Waals surface area (Å²) in [5, 5.41) is 3.44. The predicted octanol–water partition coefficient (Wildman–Crippen LogP) is 3.67. The third-order valence-corrected chi connectivity index (χ3v) is 3.93. The van der Waals surface area contributed by atoms with Crippen molar-refractivity contribution < 1.29 is 13.2 Å².